The molecule has 0 heterocycles. The maximum absolute atomic E-state index is 11.2. The first-order chi connectivity index (χ1) is 5.57. The summed E-state index contributed by atoms with van der Waals surface area (Å²) in [5, 5.41) is 0. The Bertz CT molecular complexity index is 132. The van der Waals surface area contributed by atoms with Crippen molar-refractivity contribution in [3.05, 3.63) is 0 Å². The molecule has 0 amide bonds. The number of ketones is 1. The Morgan fingerprint density at radius 3 is 2.33 bits per heavy atom. The van der Waals surface area contributed by atoms with Gasteiger partial charge in [-0.15, -0.1) is 0 Å². The summed E-state index contributed by atoms with van der Waals surface area (Å²) in [6, 6.07) is 0.272. The molecule has 2 atom stereocenters. The number of rotatable bonds is 6. The van der Waals surface area contributed by atoms with E-state index in [0.717, 1.165) is 19.3 Å². The van der Waals surface area contributed by atoms with Crippen molar-refractivity contribution < 1.29 is 4.79 Å². The largest absolute Gasteiger partial charge is 0.328 e. The standard InChI is InChI=1S/C10H21NO/c1-4-10(12)8(2)6-5-7-9(3)11/h8-9H,4-7,11H2,1-3H3. The van der Waals surface area contributed by atoms with E-state index in [2.05, 4.69) is 0 Å². The van der Waals surface area contributed by atoms with E-state index in [1.165, 1.54) is 0 Å². The minimum Gasteiger partial charge on any atom is -0.328 e. The van der Waals surface area contributed by atoms with Crippen molar-refractivity contribution in [1.82, 2.24) is 0 Å². The Morgan fingerprint density at radius 1 is 1.33 bits per heavy atom. The lowest BCUT2D eigenvalue weighted by Gasteiger charge is -2.09. The maximum Gasteiger partial charge on any atom is 0.135 e. The van der Waals surface area contributed by atoms with Crippen molar-refractivity contribution in [3.63, 3.8) is 0 Å². The van der Waals surface area contributed by atoms with Crippen LogP contribution in [0.4, 0.5) is 0 Å². The quantitative estimate of drug-likeness (QED) is 0.665. The minimum absolute atomic E-state index is 0.230. The fourth-order valence-electron chi connectivity index (χ4n) is 1.26. The van der Waals surface area contributed by atoms with Crippen molar-refractivity contribution in [2.24, 2.45) is 11.7 Å². The van der Waals surface area contributed by atoms with Crippen LogP contribution in [0.2, 0.25) is 0 Å². The molecule has 0 aromatic rings. The molecule has 0 fully saturated rings. The SMILES string of the molecule is CCC(=O)C(C)CCCC(C)N. The Hall–Kier alpha value is -0.370. The molecule has 0 aliphatic heterocycles. The van der Waals surface area contributed by atoms with E-state index in [1.54, 1.807) is 0 Å². The normalized spacial score (nSPS) is 15.7. The first-order valence-corrected chi connectivity index (χ1v) is 4.86. The second kappa shape index (κ2) is 6.18. The van der Waals surface area contributed by atoms with Gasteiger partial charge in [-0.2, -0.15) is 0 Å². The summed E-state index contributed by atoms with van der Waals surface area (Å²) in [5.74, 6) is 0.605. The molecule has 0 aromatic carbocycles. The van der Waals surface area contributed by atoms with Crippen LogP contribution in [0.25, 0.3) is 0 Å². The molecule has 0 spiro atoms. The van der Waals surface area contributed by atoms with Gasteiger partial charge in [-0.3, -0.25) is 4.79 Å². The average molecular weight is 171 g/mol. The molecule has 0 rings (SSSR count). The Morgan fingerprint density at radius 2 is 1.92 bits per heavy atom. The smallest absolute Gasteiger partial charge is 0.135 e. The van der Waals surface area contributed by atoms with E-state index in [1.807, 2.05) is 20.8 Å². The van der Waals surface area contributed by atoms with Gasteiger partial charge in [0, 0.05) is 18.4 Å². The molecule has 2 N–H and O–H groups in total. The van der Waals surface area contributed by atoms with Crippen LogP contribution in [-0.4, -0.2) is 11.8 Å². The van der Waals surface area contributed by atoms with Crippen molar-refractivity contribution in [2.45, 2.75) is 52.5 Å². The summed E-state index contributed by atoms with van der Waals surface area (Å²) < 4.78 is 0. The maximum atomic E-state index is 11.2. The summed E-state index contributed by atoms with van der Waals surface area (Å²) in [5.41, 5.74) is 5.60. The van der Waals surface area contributed by atoms with Gasteiger partial charge in [-0.05, 0) is 19.8 Å². The highest BCUT2D eigenvalue weighted by molar-refractivity contribution is 5.80. The zero-order valence-corrected chi connectivity index (χ0v) is 8.47. The van der Waals surface area contributed by atoms with Crippen LogP contribution >= 0.6 is 0 Å². The van der Waals surface area contributed by atoms with Gasteiger partial charge in [0.25, 0.3) is 0 Å². The van der Waals surface area contributed by atoms with Gasteiger partial charge in [0.1, 0.15) is 5.78 Å². The van der Waals surface area contributed by atoms with Gasteiger partial charge in [0.05, 0.1) is 0 Å². The Balaban J connectivity index is 3.43. The molecule has 0 aromatic heterocycles. The second-order valence-electron chi connectivity index (χ2n) is 3.63. The third-order valence-electron chi connectivity index (χ3n) is 2.19. The lowest BCUT2D eigenvalue weighted by Crippen LogP contribution is -2.16. The molecular formula is C10H21NO. The first-order valence-electron chi connectivity index (χ1n) is 4.86. The highest BCUT2D eigenvalue weighted by Gasteiger charge is 2.09. The second-order valence-corrected chi connectivity index (χ2v) is 3.63. The summed E-state index contributed by atoms with van der Waals surface area (Å²) in [7, 11) is 0. The third-order valence-corrected chi connectivity index (χ3v) is 2.19. The fraction of sp³-hybridized carbons (Fsp3) is 0.900. The lowest BCUT2D eigenvalue weighted by molar-refractivity contribution is -0.122. The number of hydrogen-bond donors (Lipinski definition) is 1. The molecule has 2 heteroatoms. The Kier molecular flexibility index (Phi) is 5.99. The van der Waals surface area contributed by atoms with Crippen LogP contribution in [0.5, 0.6) is 0 Å². The van der Waals surface area contributed by atoms with Crippen LogP contribution in [0.15, 0.2) is 0 Å². The highest BCUT2D eigenvalue weighted by atomic mass is 16.1. The van der Waals surface area contributed by atoms with Gasteiger partial charge in [0.15, 0.2) is 0 Å². The van der Waals surface area contributed by atoms with E-state index in [0.29, 0.717) is 12.2 Å². The van der Waals surface area contributed by atoms with Crippen LogP contribution in [0, 0.1) is 5.92 Å². The Labute approximate surface area is 75.5 Å². The molecule has 72 valence electrons. The third kappa shape index (κ3) is 5.30. The van der Waals surface area contributed by atoms with Gasteiger partial charge in [-0.1, -0.05) is 20.3 Å². The number of Topliss-reactive ketones (excluding diaryl/α,β-unsaturated/α-hetero) is 1. The fourth-order valence-corrected chi connectivity index (χ4v) is 1.26. The van der Waals surface area contributed by atoms with Gasteiger partial charge in [0.2, 0.25) is 0 Å². The predicted octanol–water partition coefficient (Wildman–Crippen LogP) is 2.12. The molecule has 0 saturated heterocycles. The van der Waals surface area contributed by atoms with Crippen LogP contribution < -0.4 is 5.73 Å². The molecule has 0 saturated carbocycles. The van der Waals surface area contributed by atoms with E-state index in [-0.39, 0.29) is 12.0 Å². The summed E-state index contributed by atoms with van der Waals surface area (Å²) >= 11 is 0. The molecular weight excluding hydrogens is 150 g/mol. The van der Waals surface area contributed by atoms with Crippen molar-refractivity contribution in [1.29, 1.82) is 0 Å². The van der Waals surface area contributed by atoms with Crippen LogP contribution in [0.3, 0.4) is 0 Å². The zero-order valence-electron chi connectivity index (χ0n) is 8.47. The van der Waals surface area contributed by atoms with Crippen molar-refractivity contribution in [3.8, 4) is 0 Å². The highest BCUT2D eigenvalue weighted by Crippen LogP contribution is 2.11. The number of carbonyl (C=O) groups is 1. The number of hydrogen-bond acceptors (Lipinski definition) is 2. The number of carbonyl (C=O) groups excluding carboxylic acids is 1. The summed E-state index contributed by atoms with van der Waals surface area (Å²) in [4.78, 5) is 11.2. The van der Waals surface area contributed by atoms with E-state index in [9.17, 15) is 4.79 Å². The summed E-state index contributed by atoms with van der Waals surface area (Å²) in [6.45, 7) is 5.93. The van der Waals surface area contributed by atoms with Crippen LogP contribution in [0.1, 0.15) is 46.5 Å². The van der Waals surface area contributed by atoms with Gasteiger partial charge >= 0.3 is 0 Å². The molecule has 2 nitrogen and oxygen atoms in total. The number of nitrogens with two attached hydrogens (primary N) is 1. The van der Waals surface area contributed by atoms with Crippen molar-refractivity contribution in [2.75, 3.05) is 0 Å². The molecule has 0 radical (unpaired) electrons. The molecule has 0 aliphatic carbocycles. The van der Waals surface area contributed by atoms with E-state index < -0.39 is 0 Å². The lowest BCUT2D eigenvalue weighted by atomic mass is 9.97. The van der Waals surface area contributed by atoms with Crippen molar-refractivity contribution >= 4 is 5.78 Å². The summed E-state index contributed by atoms with van der Waals surface area (Å²) in [6.07, 6.45) is 3.76. The molecule has 2 unspecified atom stereocenters. The first kappa shape index (κ1) is 11.6. The molecule has 0 bridgehead atoms. The monoisotopic (exact) mass is 171 g/mol. The van der Waals surface area contributed by atoms with E-state index in [4.69, 9.17) is 5.73 Å². The van der Waals surface area contributed by atoms with Gasteiger partial charge < -0.3 is 5.73 Å². The topological polar surface area (TPSA) is 43.1 Å². The van der Waals surface area contributed by atoms with Crippen LogP contribution in [-0.2, 0) is 4.79 Å². The predicted molar refractivity (Wildman–Crippen MR) is 52.0 cm³/mol. The average Bonchev–Trinajstić information content (AvgIpc) is 2.02. The minimum atomic E-state index is 0.230. The van der Waals surface area contributed by atoms with E-state index >= 15 is 0 Å². The zero-order chi connectivity index (χ0) is 9.56. The van der Waals surface area contributed by atoms with Gasteiger partial charge in [-0.25, -0.2) is 0 Å². The molecule has 12 heavy (non-hydrogen) atoms. The molecule has 0 aliphatic rings.